The predicted molar refractivity (Wildman–Crippen MR) is 111 cm³/mol. The second-order valence-corrected chi connectivity index (χ2v) is 7.99. The van der Waals surface area contributed by atoms with E-state index in [4.69, 9.17) is 9.72 Å². The third kappa shape index (κ3) is 3.09. The summed E-state index contributed by atoms with van der Waals surface area (Å²) in [4.78, 5) is 22.3. The molecule has 4 rings (SSSR count). The van der Waals surface area contributed by atoms with Crippen LogP contribution < -0.4 is 10.1 Å². The number of rotatable bonds is 4. The van der Waals surface area contributed by atoms with E-state index in [9.17, 15) is 4.79 Å². The summed E-state index contributed by atoms with van der Waals surface area (Å²) in [6.45, 7) is 6.00. The van der Waals surface area contributed by atoms with Crippen molar-refractivity contribution in [3.8, 4) is 5.75 Å². The molecule has 0 aliphatic carbocycles. The van der Waals surface area contributed by atoms with Crippen LogP contribution in [-0.2, 0) is 7.05 Å². The highest BCUT2D eigenvalue weighted by Gasteiger charge is 2.20. The molecule has 0 unspecified atom stereocenters. The number of pyridine rings is 1. The second kappa shape index (κ2) is 6.87. The standard InChI is InChI=1S/C20H21N5O2S/c1-10(2)15-9-13(17-11(3)24-25(4)18(17)21-15)19(26)23-20-22-14-7-6-12(27-5)8-16(14)28-20/h6-10H,1-5H3,(H,22,23,26). The number of fused-ring (bicyclic) bond motifs is 2. The first-order valence-electron chi connectivity index (χ1n) is 8.97. The van der Waals surface area contributed by atoms with Crippen LogP contribution >= 0.6 is 11.3 Å². The molecule has 0 atom stereocenters. The molecule has 28 heavy (non-hydrogen) atoms. The second-order valence-electron chi connectivity index (χ2n) is 6.96. The number of aromatic nitrogens is 4. The number of nitrogens with zero attached hydrogens (tertiary/aromatic N) is 4. The van der Waals surface area contributed by atoms with Crippen LogP contribution in [0.5, 0.6) is 5.75 Å². The number of carbonyl (C=O) groups is 1. The molecule has 7 nitrogen and oxygen atoms in total. The molecule has 0 saturated carbocycles. The smallest absolute Gasteiger partial charge is 0.258 e. The van der Waals surface area contributed by atoms with E-state index in [0.29, 0.717) is 16.3 Å². The lowest BCUT2D eigenvalue weighted by atomic mass is 10.0. The summed E-state index contributed by atoms with van der Waals surface area (Å²) in [5.74, 6) is 0.745. The minimum atomic E-state index is -0.212. The topological polar surface area (TPSA) is 81.9 Å². The average Bonchev–Trinajstić information content (AvgIpc) is 3.20. The Bertz CT molecular complexity index is 1210. The molecule has 8 heteroatoms. The van der Waals surface area contributed by atoms with Crippen molar-refractivity contribution in [2.45, 2.75) is 26.7 Å². The maximum atomic E-state index is 13.1. The maximum Gasteiger partial charge on any atom is 0.258 e. The Hall–Kier alpha value is -3.00. The highest BCUT2D eigenvalue weighted by molar-refractivity contribution is 7.22. The zero-order valence-corrected chi connectivity index (χ0v) is 17.2. The van der Waals surface area contributed by atoms with E-state index < -0.39 is 0 Å². The van der Waals surface area contributed by atoms with Crippen LogP contribution in [0, 0.1) is 6.92 Å². The first-order chi connectivity index (χ1) is 13.4. The summed E-state index contributed by atoms with van der Waals surface area (Å²) in [6, 6.07) is 7.50. The van der Waals surface area contributed by atoms with E-state index in [2.05, 4.69) is 29.2 Å². The Morgan fingerprint density at radius 1 is 1.25 bits per heavy atom. The number of aryl methyl sites for hydroxylation is 2. The molecule has 3 aromatic heterocycles. The van der Waals surface area contributed by atoms with E-state index in [1.807, 2.05) is 38.2 Å². The third-order valence-corrected chi connectivity index (χ3v) is 5.57. The summed E-state index contributed by atoms with van der Waals surface area (Å²) in [5.41, 5.74) is 3.73. The average molecular weight is 395 g/mol. The molecule has 0 radical (unpaired) electrons. The zero-order chi connectivity index (χ0) is 20.0. The van der Waals surface area contributed by atoms with Crippen molar-refractivity contribution in [1.82, 2.24) is 19.7 Å². The number of carbonyl (C=O) groups excluding carboxylic acids is 1. The minimum Gasteiger partial charge on any atom is -0.497 e. The molecule has 144 valence electrons. The lowest BCUT2D eigenvalue weighted by molar-refractivity contribution is 0.102. The van der Waals surface area contributed by atoms with E-state index in [1.165, 1.54) is 11.3 Å². The summed E-state index contributed by atoms with van der Waals surface area (Å²) in [6.07, 6.45) is 0. The van der Waals surface area contributed by atoms with Crippen LogP contribution in [0.2, 0.25) is 0 Å². The SMILES string of the molecule is COc1ccc2nc(NC(=O)c3cc(C(C)C)nc4c3c(C)nn4C)sc2c1. The van der Waals surface area contributed by atoms with E-state index >= 15 is 0 Å². The van der Waals surface area contributed by atoms with Crippen molar-refractivity contribution >= 4 is 43.6 Å². The molecule has 3 heterocycles. The number of benzene rings is 1. The number of methoxy groups -OCH3 is 1. The van der Waals surface area contributed by atoms with Gasteiger partial charge in [-0.2, -0.15) is 5.10 Å². The van der Waals surface area contributed by atoms with Gasteiger partial charge in [0.05, 0.1) is 34.0 Å². The number of nitrogens with one attached hydrogen (secondary N) is 1. The largest absolute Gasteiger partial charge is 0.497 e. The molecule has 0 saturated heterocycles. The fraction of sp³-hybridized carbons (Fsp3) is 0.300. The summed E-state index contributed by atoms with van der Waals surface area (Å²) >= 11 is 1.42. The van der Waals surface area contributed by atoms with Crippen LogP contribution in [0.1, 0.15) is 41.5 Å². The number of amides is 1. The monoisotopic (exact) mass is 395 g/mol. The quantitative estimate of drug-likeness (QED) is 0.558. The molecule has 1 amide bonds. The third-order valence-electron chi connectivity index (χ3n) is 4.64. The summed E-state index contributed by atoms with van der Waals surface area (Å²) < 4.78 is 7.93. The predicted octanol–water partition coefficient (Wildman–Crippen LogP) is 4.27. The van der Waals surface area contributed by atoms with Gasteiger partial charge in [0, 0.05) is 12.7 Å². The number of ether oxygens (including phenoxy) is 1. The molecule has 1 aromatic carbocycles. The minimum absolute atomic E-state index is 0.195. The van der Waals surface area contributed by atoms with Crippen LogP contribution in [0.4, 0.5) is 5.13 Å². The lowest BCUT2D eigenvalue weighted by Crippen LogP contribution is -2.14. The number of hydrogen-bond acceptors (Lipinski definition) is 6. The van der Waals surface area contributed by atoms with Gasteiger partial charge in [0.2, 0.25) is 0 Å². The van der Waals surface area contributed by atoms with Gasteiger partial charge >= 0.3 is 0 Å². The molecule has 0 spiro atoms. The van der Waals surface area contributed by atoms with Crippen molar-refractivity contribution in [3.05, 3.63) is 41.2 Å². The van der Waals surface area contributed by atoms with Crippen molar-refractivity contribution in [1.29, 1.82) is 0 Å². The molecule has 4 aromatic rings. The number of anilines is 1. The first kappa shape index (κ1) is 18.4. The highest BCUT2D eigenvalue weighted by atomic mass is 32.1. The van der Waals surface area contributed by atoms with Gasteiger partial charge in [-0.1, -0.05) is 25.2 Å². The van der Waals surface area contributed by atoms with Gasteiger partial charge in [-0.3, -0.25) is 14.8 Å². The molecule has 0 fully saturated rings. The van der Waals surface area contributed by atoms with Crippen LogP contribution in [0.15, 0.2) is 24.3 Å². The van der Waals surface area contributed by atoms with Crippen molar-refractivity contribution in [2.24, 2.45) is 7.05 Å². The van der Waals surface area contributed by atoms with Crippen LogP contribution in [-0.4, -0.2) is 32.8 Å². The van der Waals surface area contributed by atoms with Gasteiger partial charge in [0.15, 0.2) is 10.8 Å². The maximum absolute atomic E-state index is 13.1. The van der Waals surface area contributed by atoms with Gasteiger partial charge in [-0.25, -0.2) is 9.97 Å². The lowest BCUT2D eigenvalue weighted by Gasteiger charge is -2.09. The number of hydrogen-bond donors (Lipinski definition) is 1. The van der Waals surface area contributed by atoms with Crippen molar-refractivity contribution in [3.63, 3.8) is 0 Å². The highest BCUT2D eigenvalue weighted by Crippen LogP contribution is 2.30. The molecular weight excluding hydrogens is 374 g/mol. The summed E-state index contributed by atoms with van der Waals surface area (Å²) in [5, 5.41) is 8.70. The van der Waals surface area contributed by atoms with Crippen LogP contribution in [0.25, 0.3) is 21.3 Å². The molecular formula is C20H21N5O2S. The van der Waals surface area contributed by atoms with Crippen LogP contribution in [0.3, 0.4) is 0 Å². The Kier molecular flexibility index (Phi) is 4.50. The fourth-order valence-electron chi connectivity index (χ4n) is 3.19. The normalized spacial score (nSPS) is 11.5. The Labute approximate surface area is 166 Å². The summed E-state index contributed by atoms with van der Waals surface area (Å²) in [7, 11) is 3.47. The van der Waals surface area contributed by atoms with Gasteiger partial charge in [0.25, 0.3) is 5.91 Å². The molecule has 0 aliphatic rings. The molecule has 0 aliphatic heterocycles. The van der Waals surface area contributed by atoms with Gasteiger partial charge < -0.3 is 4.74 Å². The Morgan fingerprint density at radius 2 is 2.04 bits per heavy atom. The van der Waals surface area contributed by atoms with Crippen molar-refractivity contribution in [2.75, 3.05) is 12.4 Å². The van der Waals surface area contributed by atoms with E-state index in [0.717, 1.165) is 32.7 Å². The molecule has 0 bridgehead atoms. The molecule has 1 N–H and O–H groups in total. The van der Waals surface area contributed by atoms with Gasteiger partial charge in [-0.15, -0.1) is 0 Å². The number of thiazole rings is 1. The zero-order valence-electron chi connectivity index (χ0n) is 16.4. The Balaban J connectivity index is 1.76. The van der Waals surface area contributed by atoms with Gasteiger partial charge in [-0.05, 0) is 37.1 Å². The first-order valence-corrected chi connectivity index (χ1v) is 9.79. The fourth-order valence-corrected chi connectivity index (χ4v) is 4.08. The van der Waals surface area contributed by atoms with E-state index in [-0.39, 0.29) is 11.8 Å². The van der Waals surface area contributed by atoms with E-state index in [1.54, 1.807) is 11.8 Å². The van der Waals surface area contributed by atoms with Crippen molar-refractivity contribution < 1.29 is 9.53 Å². The Morgan fingerprint density at radius 3 is 2.75 bits per heavy atom. The van der Waals surface area contributed by atoms with Gasteiger partial charge in [0.1, 0.15) is 5.75 Å².